The number of hydrogen-bond donors (Lipinski definition) is 1. The normalized spacial score (nSPS) is 19.5. The van der Waals surface area contributed by atoms with E-state index >= 15 is 0 Å². The molecular formula is C24H32N4O5. The molecule has 0 unspecified atom stereocenters. The lowest BCUT2D eigenvalue weighted by Crippen LogP contribution is -2.52. The van der Waals surface area contributed by atoms with Crippen LogP contribution in [-0.2, 0) is 4.74 Å². The fourth-order valence-corrected chi connectivity index (χ4v) is 4.63. The van der Waals surface area contributed by atoms with Gasteiger partial charge in [0.2, 0.25) is 0 Å². The Hall–Kier alpha value is -3.10. The van der Waals surface area contributed by atoms with Gasteiger partial charge in [0, 0.05) is 37.9 Å². The lowest BCUT2D eigenvalue weighted by atomic mass is 9.94. The standard InChI is InChI=1S/C24H32N4O5/c1-24(2,3)33-23(32)27-13-11-26(12-14-27)22(31)25-16-9-10-18-19(15-16)21(30)28(20(18)29)17-7-5-4-6-8-17/h9-10,15,17H,4-8,11-14H2,1-3H3,(H,25,31). The second-order valence-corrected chi connectivity index (χ2v) is 9.92. The summed E-state index contributed by atoms with van der Waals surface area (Å²) in [5, 5.41) is 2.82. The van der Waals surface area contributed by atoms with Crippen LogP contribution in [-0.4, -0.2) is 76.5 Å². The van der Waals surface area contributed by atoms with E-state index in [0.717, 1.165) is 32.1 Å². The predicted molar refractivity (Wildman–Crippen MR) is 122 cm³/mol. The Labute approximate surface area is 194 Å². The molecule has 2 fully saturated rings. The fourth-order valence-electron chi connectivity index (χ4n) is 4.63. The summed E-state index contributed by atoms with van der Waals surface area (Å²) in [6.07, 6.45) is 4.52. The van der Waals surface area contributed by atoms with Gasteiger partial charge < -0.3 is 19.9 Å². The van der Waals surface area contributed by atoms with E-state index in [-0.39, 0.29) is 30.0 Å². The number of hydrogen-bond acceptors (Lipinski definition) is 5. The van der Waals surface area contributed by atoms with E-state index in [1.165, 1.54) is 4.90 Å². The fraction of sp³-hybridized carbons (Fsp3) is 0.583. The summed E-state index contributed by atoms with van der Waals surface area (Å²) in [4.78, 5) is 55.4. The van der Waals surface area contributed by atoms with Crippen molar-refractivity contribution >= 4 is 29.6 Å². The van der Waals surface area contributed by atoms with Gasteiger partial charge in [-0.15, -0.1) is 0 Å². The van der Waals surface area contributed by atoms with Gasteiger partial charge in [0.05, 0.1) is 11.1 Å². The molecule has 4 rings (SSSR count). The number of nitrogens with one attached hydrogen (secondary N) is 1. The Morgan fingerprint density at radius 1 is 0.909 bits per heavy atom. The number of nitrogens with zero attached hydrogens (tertiary/aromatic N) is 3. The van der Waals surface area contributed by atoms with Crippen LogP contribution >= 0.6 is 0 Å². The number of carbonyl (C=O) groups is 4. The summed E-state index contributed by atoms with van der Waals surface area (Å²) in [5.41, 5.74) is 0.650. The molecule has 0 atom stereocenters. The quantitative estimate of drug-likeness (QED) is 0.684. The minimum atomic E-state index is -0.565. The minimum absolute atomic E-state index is 0.0366. The number of fused-ring (bicyclic) bond motifs is 1. The number of amides is 5. The first-order valence-electron chi connectivity index (χ1n) is 11.7. The van der Waals surface area contributed by atoms with Crippen molar-refractivity contribution < 1.29 is 23.9 Å². The third kappa shape index (κ3) is 4.96. The van der Waals surface area contributed by atoms with Crippen LogP contribution in [0.2, 0.25) is 0 Å². The number of urea groups is 1. The summed E-state index contributed by atoms with van der Waals surface area (Å²) in [7, 11) is 0. The van der Waals surface area contributed by atoms with Gasteiger partial charge in [-0.05, 0) is 51.8 Å². The van der Waals surface area contributed by atoms with Crippen molar-refractivity contribution in [1.82, 2.24) is 14.7 Å². The Morgan fingerprint density at radius 3 is 2.15 bits per heavy atom. The van der Waals surface area contributed by atoms with Crippen LogP contribution in [0.25, 0.3) is 0 Å². The third-order valence-corrected chi connectivity index (χ3v) is 6.33. The minimum Gasteiger partial charge on any atom is -0.444 e. The SMILES string of the molecule is CC(C)(C)OC(=O)N1CCN(C(=O)Nc2ccc3c(c2)C(=O)N(C2CCCCC2)C3=O)CC1. The highest BCUT2D eigenvalue weighted by molar-refractivity contribution is 6.22. The highest BCUT2D eigenvalue weighted by Crippen LogP contribution is 2.32. The van der Waals surface area contributed by atoms with Crippen molar-refractivity contribution in [3.05, 3.63) is 29.3 Å². The van der Waals surface area contributed by atoms with E-state index in [1.54, 1.807) is 28.0 Å². The monoisotopic (exact) mass is 456 g/mol. The maximum absolute atomic E-state index is 13.0. The zero-order chi connectivity index (χ0) is 23.8. The van der Waals surface area contributed by atoms with Crippen LogP contribution in [0.5, 0.6) is 0 Å². The smallest absolute Gasteiger partial charge is 0.410 e. The third-order valence-electron chi connectivity index (χ3n) is 6.33. The number of ether oxygens (including phenoxy) is 1. The summed E-state index contributed by atoms with van der Waals surface area (Å²) < 4.78 is 5.39. The molecule has 2 aliphatic heterocycles. The number of rotatable bonds is 2. The van der Waals surface area contributed by atoms with E-state index < -0.39 is 5.60 Å². The van der Waals surface area contributed by atoms with Gasteiger partial charge in [-0.2, -0.15) is 0 Å². The number of piperazine rings is 1. The van der Waals surface area contributed by atoms with E-state index in [1.807, 2.05) is 20.8 Å². The van der Waals surface area contributed by atoms with E-state index in [2.05, 4.69) is 5.32 Å². The molecule has 1 saturated heterocycles. The molecule has 1 saturated carbocycles. The van der Waals surface area contributed by atoms with Crippen LogP contribution in [0.4, 0.5) is 15.3 Å². The van der Waals surface area contributed by atoms with Crippen LogP contribution in [0, 0.1) is 0 Å². The molecule has 0 aromatic heterocycles. The molecule has 33 heavy (non-hydrogen) atoms. The van der Waals surface area contributed by atoms with Crippen molar-refractivity contribution in [3.8, 4) is 0 Å². The van der Waals surface area contributed by atoms with Gasteiger partial charge in [0.1, 0.15) is 5.60 Å². The second kappa shape index (κ2) is 9.03. The molecule has 9 nitrogen and oxygen atoms in total. The lowest BCUT2D eigenvalue weighted by Gasteiger charge is -2.35. The molecule has 1 N–H and O–H groups in total. The molecule has 5 amide bonds. The van der Waals surface area contributed by atoms with Crippen molar-refractivity contribution in [2.75, 3.05) is 31.5 Å². The van der Waals surface area contributed by atoms with E-state index in [4.69, 9.17) is 4.74 Å². The van der Waals surface area contributed by atoms with E-state index in [9.17, 15) is 19.2 Å². The lowest BCUT2D eigenvalue weighted by molar-refractivity contribution is 0.0173. The van der Waals surface area contributed by atoms with Crippen molar-refractivity contribution in [2.45, 2.75) is 64.5 Å². The first-order chi connectivity index (χ1) is 15.6. The van der Waals surface area contributed by atoms with E-state index in [0.29, 0.717) is 43.0 Å². The molecule has 178 valence electrons. The maximum Gasteiger partial charge on any atom is 0.410 e. The number of carbonyl (C=O) groups excluding carboxylic acids is 4. The molecule has 3 aliphatic rings. The van der Waals surface area contributed by atoms with Crippen LogP contribution < -0.4 is 5.32 Å². The second-order valence-electron chi connectivity index (χ2n) is 9.92. The molecule has 0 radical (unpaired) electrons. The first-order valence-corrected chi connectivity index (χ1v) is 11.7. The average molecular weight is 457 g/mol. The Kier molecular flexibility index (Phi) is 6.32. The zero-order valence-electron chi connectivity index (χ0n) is 19.6. The number of anilines is 1. The van der Waals surface area contributed by atoms with Crippen molar-refractivity contribution in [2.24, 2.45) is 0 Å². The van der Waals surface area contributed by atoms with Gasteiger partial charge in [0.15, 0.2) is 0 Å². The molecule has 0 spiro atoms. The summed E-state index contributed by atoms with van der Waals surface area (Å²) >= 11 is 0. The maximum atomic E-state index is 13.0. The Bertz CT molecular complexity index is 956. The molecule has 1 aromatic rings. The van der Waals surface area contributed by atoms with Crippen molar-refractivity contribution in [3.63, 3.8) is 0 Å². The summed E-state index contributed by atoms with van der Waals surface area (Å²) in [6, 6.07) is 4.52. The highest BCUT2D eigenvalue weighted by atomic mass is 16.6. The molecular weight excluding hydrogens is 424 g/mol. The molecule has 9 heteroatoms. The van der Waals surface area contributed by atoms with Crippen LogP contribution in [0.15, 0.2) is 18.2 Å². The van der Waals surface area contributed by atoms with Gasteiger partial charge >= 0.3 is 12.1 Å². The van der Waals surface area contributed by atoms with Gasteiger partial charge in [0.25, 0.3) is 11.8 Å². The molecule has 1 aliphatic carbocycles. The summed E-state index contributed by atoms with van der Waals surface area (Å²) in [5.74, 6) is -0.512. The predicted octanol–water partition coefficient (Wildman–Crippen LogP) is 3.70. The van der Waals surface area contributed by atoms with Crippen molar-refractivity contribution in [1.29, 1.82) is 0 Å². The molecule has 2 heterocycles. The van der Waals surface area contributed by atoms with Crippen LogP contribution in [0.3, 0.4) is 0 Å². The molecule has 1 aromatic carbocycles. The number of benzene rings is 1. The zero-order valence-corrected chi connectivity index (χ0v) is 19.6. The van der Waals surface area contributed by atoms with Gasteiger partial charge in [-0.1, -0.05) is 19.3 Å². The largest absolute Gasteiger partial charge is 0.444 e. The topological polar surface area (TPSA) is 99.3 Å². The van der Waals surface area contributed by atoms with Crippen LogP contribution in [0.1, 0.15) is 73.6 Å². The average Bonchev–Trinajstić information content (AvgIpc) is 3.03. The van der Waals surface area contributed by atoms with Gasteiger partial charge in [-0.3, -0.25) is 14.5 Å². The summed E-state index contributed by atoms with van der Waals surface area (Å²) in [6.45, 7) is 6.98. The Morgan fingerprint density at radius 2 is 1.52 bits per heavy atom. The molecule has 0 bridgehead atoms. The first kappa shape index (κ1) is 23.1. The van der Waals surface area contributed by atoms with Gasteiger partial charge in [-0.25, -0.2) is 9.59 Å². The Balaban J connectivity index is 1.36. The highest BCUT2D eigenvalue weighted by Gasteiger charge is 2.40. The number of imide groups is 1.